The number of ether oxygens (including phenoxy) is 1. The number of nitrogens with zero attached hydrogens (tertiary/aromatic N) is 4. The first kappa shape index (κ1) is 17.6. The van der Waals surface area contributed by atoms with Crippen molar-refractivity contribution in [2.45, 2.75) is 32.2 Å². The van der Waals surface area contributed by atoms with Gasteiger partial charge in [-0.05, 0) is 50.0 Å². The predicted octanol–water partition coefficient (Wildman–Crippen LogP) is 3.56. The summed E-state index contributed by atoms with van der Waals surface area (Å²) in [5.74, 6) is 1.59. The molecule has 6 heteroatoms. The summed E-state index contributed by atoms with van der Waals surface area (Å²) in [6, 6.07) is 7.86. The highest BCUT2D eigenvalue weighted by atomic mass is 35.5. The third-order valence-electron chi connectivity index (χ3n) is 5.13. The topological polar surface area (TPSA) is 41.5 Å². The van der Waals surface area contributed by atoms with Crippen LogP contribution in [-0.4, -0.2) is 47.7 Å². The zero-order chi connectivity index (χ0) is 17.8. The normalized spacial score (nSPS) is 17.3. The van der Waals surface area contributed by atoms with Crippen molar-refractivity contribution in [3.63, 3.8) is 0 Å². The molecule has 0 spiro atoms. The predicted molar refractivity (Wildman–Crippen MR) is 104 cm³/mol. The van der Waals surface area contributed by atoms with Crippen molar-refractivity contribution in [1.29, 1.82) is 0 Å². The molecule has 2 aliphatic rings. The summed E-state index contributed by atoms with van der Waals surface area (Å²) in [7, 11) is 0. The molecule has 0 N–H and O–H groups in total. The second-order valence-corrected chi connectivity index (χ2v) is 7.39. The molecule has 0 atom stereocenters. The highest BCUT2D eigenvalue weighted by Crippen LogP contribution is 2.28. The van der Waals surface area contributed by atoms with Crippen molar-refractivity contribution in [2.75, 3.05) is 37.7 Å². The fourth-order valence-electron chi connectivity index (χ4n) is 3.74. The van der Waals surface area contributed by atoms with Gasteiger partial charge in [0.05, 0.1) is 17.3 Å². The fourth-order valence-corrected chi connectivity index (χ4v) is 3.98. The van der Waals surface area contributed by atoms with Gasteiger partial charge >= 0.3 is 0 Å². The van der Waals surface area contributed by atoms with Crippen LogP contribution in [0.5, 0.6) is 5.88 Å². The summed E-state index contributed by atoms with van der Waals surface area (Å²) in [6.07, 6.45) is 6.41. The first-order valence-corrected chi connectivity index (χ1v) is 9.87. The first-order valence-electron chi connectivity index (χ1n) is 9.49. The van der Waals surface area contributed by atoms with Crippen LogP contribution in [0.15, 0.2) is 30.5 Å². The van der Waals surface area contributed by atoms with Crippen LogP contribution < -0.4 is 9.64 Å². The maximum Gasteiger partial charge on any atom is 0.213 e. The Morgan fingerprint density at radius 1 is 1.12 bits per heavy atom. The largest absolute Gasteiger partial charge is 0.478 e. The van der Waals surface area contributed by atoms with Crippen molar-refractivity contribution in [1.82, 2.24) is 14.9 Å². The molecule has 5 nitrogen and oxygen atoms in total. The highest BCUT2D eigenvalue weighted by molar-refractivity contribution is 6.32. The average Bonchev–Trinajstić information content (AvgIpc) is 3.19. The van der Waals surface area contributed by atoms with E-state index in [1.54, 1.807) is 6.20 Å². The van der Waals surface area contributed by atoms with E-state index in [1.807, 2.05) is 18.2 Å². The molecule has 0 radical (unpaired) electrons. The summed E-state index contributed by atoms with van der Waals surface area (Å²) in [5.41, 5.74) is 2.35. The molecule has 1 saturated heterocycles. The van der Waals surface area contributed by atoms with Gasteiger partial charge in [0.15, 0.2) is 0 Å². The lowest BCUT2D eigenvalue weighted by atomic mass is 10.1. The van der Waals surface area contributed by atoms with Crippen molar-refractivity contribution in [3.05, 3.63) is 46.7 Å². The van der Waals surface area contributed by atoms with Gasteiger partial charge < -0.3 is 14.5 Å². The molecule has 4 rings (SSSR count). The number of rotatable bonds is 6. The summed E-state index contributed by atoms with van der Waals surface area (Å²) < 4.78 is 5.88. The Bertz CT molecular complexity index is 748. The molecule has 0 bridgehead atoms. The van der Waals surface area contributed by atoms with Gasteiger partial charge in [-0.25, -0.2) is 9.97 Å². The van der Waals surface area contributed by atoms with E-state index in [9.17, 15) is 0 Å². The molecule has 138 valence electrons. The van der Waals surface area contributed by atoms with E-state index in [4.69, 9.17) is 21.3 Å². The number of likely N-dealkylation sites (tertiary alicyclic amines) is 1. The van der Waals surface area contributed by atoms with Gasteiger partial charge in [0.1, 0.15) is 5.82 Å². The Kier molecular flexibility index (Phi) is 5.56. The number of halogens is 1. The number of aromatic nitrogens is 2. The zero-order valence-electron chi connectivity index (χ0n) is 15.0. The van der Waals surface area contributed by atoms with Crippen molar-refractivity contribution in [3.8, 4) is 5.88 Å². The van der Waals surface area contributed by atoms with Crippen molar-refractivity contribution < 1.29 is 4.74 Å². The van der Waals surface area contributed by atoms with E-state index in [2.05, 4.69) is 20.9 Å². The molecule has 0 aromatic carbocycles. The van der Waals surface area contributed by atoms with Gasteiger partial charge in [-0.3, -0.25) is 0 Å². The van der Waals surface area contributed by atoms with Crippen LogP contribution in [-0.2, 0) is 13.0 Å². The van der Waals surface area contributed by atoms with Crippen LogP contribution in [0.4, 0.5) is 5.82 Å². The molecule has 26 heavy (non-hydrogen) atoms. The number of anilines is 1. The number of fused-ring (bicyclic) bond motifs is 1. The van der Waals surface area contributed by atoms with E-state index >= 15 is 0 Å². The Balaban J connectivity index is 1.32. The van der Waals surface area contributed by atoms with Gasteiger partial charge in [-0.15, -0.1) is 0 Å². The molecule has 0 amide bonds. The lowest BCUT2D eigenvalue weighted by Crippen LogP contribution is -2.31. The molecule has 0 aliphatic carbocycles. The Morgan fingerprint density at radius 2 is 2.00 bits per heavy atom. The summed E-state index contributed by atoms with van der Waals surface area (Å²) in [6.45, 7) is 6.01. The zero-order valence-corrected chi connectivity index (χ0v) is 15.8. The van der Waals surface area contributed by atoms with E-state index in [1.165, 1.54) is 31.5 Å². The maximum atomic E-state index is 6.28. The van der Waals surface area contributed by atoms with Crippen LogP contribution >= 0.6 is 11.6 Å². The second-order valence-electron chi connectivity index (χ2n) is 6.99. The van der Waals surface area contributed by atoms with Gasteiger partial charge in [-0.2, -0.15) is 0 Å². The molecule has 1 fully saturated rings. The smallest absolute Gasteiger partial charge is 0.213 e. The molecule has 4 heterocycles. The Hall–Kier alpha value is -1.85. The Labute approximate surface area is 160 Å². The number of hydrogen-bond donors (Lipinski definition) is 0. The minimum Gasteiger partial charge on any atom is -0.478 e. The lowest BCUT2D eigenvalue weighted by Gasteiger charge is -2.29. The molecule has 2 aliphatic heterocycles. The third kappa shape index (κ3) is 4.10. The molecular formula is C20H25ClN4O. The minimum atomic E-state index is 0.696. The van der Waals surface area contributed by atoms with E-state index < -0.39 is 0 Å². The molecular weight excluding hydrogens is 348 g/mol. The summed E-state index contributed by atoms with van der Waals surface area (Å²) in [5, 5.41) is 0.696. The van der Waals surface area contributed by atoms with Crippen LogP contribution in [0, 0.1) is 0 Å². The number of hydrogen-bond acceptors (Lipinski definition) is 5. The minimum absolute atomic E-state index is 0.696. The van der Waals surface area contributed by atoms with Crippen LogP contribution in [0.25, 0.3) is 0 Å². The van der Waals surface area contributed by atoms with Gasteiger partial charge in [-0.1, -0.05) is 17.7 Å². The molecule has 0 saturated carbocycles. The van der Waals surface area contributed by atoms with E-state index in [0.717, 1.165) is 56.5 Å². The molecule has 2 aromatic rings. The van der Waals surface area contributed by atoms with Crippen LogP contribution in [0.1, 0.15) is 30.5 Å². The average molecular weight is 373 g/mol. The van der Waals surface area contributed by atoms with Crippen molar-refractivity contribution in [2.24, 2.45) is 0 Å². The van der Waals surface area contributed by atoms with E-state index in [-0.39, 0.29) is 0 Å². The highest BCUT2D eigenvalue weighted by Gasteiger charge is 2.20. The molecule has 2 aromatic heterocycles. The SMILES string of the molecule is Clc1cccnc1N1CCc2nc(OCCCN3CCCC3)ccc2C1. The van der Waals surface area contributed by atoms with Gasteiger partial charge in [0, 0.05) is 38.3 Å². The van der Waals surface area contributed by atoms with E-state index in [0.29, 0.717) is 5.02 Å². The van der Waals surface area contributed by atoms with Gasteiger partial charge in [0.25, 0.3) is 0 Å². The monoisotopic (exact) mass is 372 g/mol. The second kappa shape index (κ2) is 8.23. The standard InChI is InChI=1S/C20H25ClN4O/c21-17-5-3-9-22-20(17)25-13-8-18-16(15-25)6-7-19(23-18)26-14-4-12-24-10-1-2-11-24/h3,5-7,9H,1-2,4,8,10-15H2. The summed E-state index contributed by atoms with van der Waals surface area (Å²) >= 11 is 6.28. The van der Waals surface area contributed by atoms with Crippen LogP contribution in [0.2, 0.25) is 5.02 Å². The molecule has 0 unspecified atom stereocenters. The lowest BCUT2D eigenvalue weighted by molar-refractivity contribution is 0.256. The van der Waals surface area contributed by atoms with Crippen molar-refractivity contribution >= 4 is 17.4 Å². The third-order valence-corrected chi connectivity index (χ3v) is 5.42. The maximum absolute atomic E-state index is 6.28. The Morgan fingerprint density at radius 3 is 2.85 bits per heavy atom. The van der Waals surface area contributed by atoms with Crippen LogP contribution in [0.3, 0.4) is 0 Å². The quantitative estimate of drug-likeness (QED) is 0.725. The first-order chi connectivity index (χ1) is 12.8. The number of pyridine rings is 2. The summed E-state index contributed by atoms with van der Waals surface area (Å²) in [4.78, 5) is 13.9. The van der Waals surface area contributed by atoms with Gasteiger partial charge in [0.2, 0.25) is 5.88 Å². The fraction of sp³-hybridized carbons (Fsp3) is 0.500.